The van der Waals surface area contributed by atoms with E-state index in [1.54, 1.807) is 6.07 Å². The highest BCUT2D eigenvalue weighted by Crippen LogP contribution is 2.21. The molecule has 0 bridgehead atoms. The van der Waals surface area contributed by atoms with Crippen LogP contribution in [0.15, 0.2) is 71.9 Å². The number of benzene rings is 2. The summed E-state index contributed by atoms with van der Waals surface area (Å²) in [7, 11) is -3.91. The van der Waals surface area contributed by atoms with Gasteiger partial charge in [0.05, 0.1) is 9.82 Å². The van der Waals surface area contributed by atoms with E-state index in [1.807, 2.05) is 0 Å². The smallest absolute Gasteiger partial charge is 0.282 e. The lowest BCUT2D eigenvalue weighted by molar-refractivity contribution is -0.385. The molecule has 3 aromatic rings. The van der Waals surface area contributed by atoms with Gasteiger partial charge in [0.25, 0.3) is 21.6 Å². The Bertz CT molecular complexity index is 1120. The van der Waals surface area contributed by atoms with Crippen LogP contribution in [0.3, 0.4) is 0 Å². The zero-order valence-corrected chi connectivity index (χ0v) is 15.0. The lowest BCUT2D eigenvalue weighted by Gasteiger charge is -2.08. The number of anilines is 2. The fourth-order valence-corrected chi connectivity index (χ4v) is 3.23. The van der Waals surface area contributed by atoms with Crippen LogP contribution in [0.25, 0.3) is 0 Å². The molecule has 28 heavy (non-hydrogen) atoms. The third kappa shape index (κ3) is 4.27. The van der Waals surface area contributed by atoms with Gasteiger partial charge in [-0.05, 0) is 36.4 Å². The Labute approximate surface area is 159 Å². The zero-order chi connectivity index (χ0) is 20.1. The van der Waals surface area contributed by atoms with Gasteiger partial charge < -0.3 is 5.32 Å². The molecular weight excluding hydrogens is 386 g/mol. The maximum Gasteiger partial charge on any atom is 0.282 e. The van der Waals surface area contributed by atoms with E-state index in [2.05, 4.69) is 20.0 Å². The minimum Gasteiger partial charge on any atom is -0.322 e. The van der Waals surface area contributed by atoms with Gasteiger partial charge in [0.1, 0.15) is 5.56 Å². The van der Waals surface area contributed by atoms with Crippen LogP contribution in [-0.2, 0) is 10.0 Å². The topological polar surface area (TPSA) is 144 Å². The van der Waals surface area contributed by atoms with Crippen LogP contribution < -0.4 is 10.0 Å². The van der Waals surface area contributed by atoms with Crippen LogP contribution in [0.4, 0.5) is 17.3 Å². The monoisotopic (exact) mass is 399 g/mol. The average molecular weight is 399 g/mol. The number of rotatable bonds is 6. The second-order valence-electron chi connectivity index (χ2n) is 5.43. The van der Waals surface area contributed by atoms with E-state index in [0.29, 0.717) is 0 Å². The van der Waals surface area contributed by atoms with E-state index in [-0.39, 0.29) is 27.8 Å². The number of nitrogens with one attached hydrogen (secondary N) is 2. The van der Waals surface area contributed by atoms with E-state index in [9.17, 15) is 23.3 Å². The second kappa shape index (κ2) is 7.80. The van der Waals surface area contributed by atoms with Crippen LogP contribution in [0.5, 0.6) is 0 Å². The Kier molecular flexibility index (Phi) is 5.27. The molecule has 2 N–H and O–H groups in total. The van der Waals surface area contributed by atoms with Crippen molar-refractivity contribution in [3.05, 3.63) is 82.7 Å². The molecule has 1 aromatic heterocycles. The number of hydrogen-bond acceptors (Lipinski definition) is 7. The molecule has 2 aromatic carbocycles. The Morgan fingerprint density at radius 2 is 1.61 bits per heavy atom. The summed E-state index contributed by atoms with van der Waals surface area (Å²) >= 11 is 0. The van der Waals surface area contributed by atoms with Crippen LogP contribution in [0.2, 0.25) is 0 Å². The summed E-state index contributed by atoms with van der Waals surface area (Å²) in [4.78, 5) is 30.2. The quantitative estimate of drug-likeness (QED) is 0.478. The van der Waals surface area contributed by atoms with E-state index in [0.717, 1.165) is 0 Å². The van der Waals surface area contributed by atoms with Crippen LogP contribution in [0.1, 0.15) is 10.4 Å². The van der Waals surface area contributed by atoms with Gasteiger partial charge in [-0.25, -0.2) is 23.1 Å². The number of carbonyl (C=O) groups excluding carboxylic acids is 1. The van der Waals surface area contributed by atoms with Crippen molar-refractivity contribution in [3.63, 3.8) is 0 Å². The number of nitrogens with zero attached hydrogens (tertiary/aromatic N) is 3. The molecule has 0 aliphatic heterocycles. The van der Waals surface area contributed by atoms with Gasteiger partial charge in [-0.15, -0.1) is 0 Å². The summed E-state index contributed by atoms with van der Waals surface area (Å²) in [5, 5.41) is 13.5. The molecule has 0 atom stereocenters. The number of amides is 1. The van der Waals surface area contributed by atoms with Gasteiger partial charge in [-0.3, -0.25) is 14.9 Å². The molecule has 0 spiro atoms. The molecule has 1 amide bonds. The molecule has 10 nitrogen and oxygen atoms in total. The van der Waals surface area contributed by atoms with E-state index in [1.165, 1.54) is 60.9 Å². The van der Waals surface area contributed by atoms with Gasteiger partial charge in [-0.1, -0.05) is 12.1 Å². The Balaban J connectivity index is 1.76. The fraction of sp³-hybridized carbons (Fsp3) is 0. The SMILES string of the molecule is O=C(Nc1ccc(S(=O)(=O)Nc2ncccn2)cc1)c1ccccc1[N+](=O)[O-]. The molecule has 142 valence electrons. The summed E-state index contributed by atoms with van der Waals surface area (Å²) in [6.45, 7) is 0. The lowest BCUT2D eigenvalue weighted by atomic mass is 10.1. The van der Waals surface area contributed by atoms with Crippen molar-refractivity contribution in [2.24, 2.45) is 0 Å². The number of aromatic nitrogens is 2. The molecule has 0 aliphatic rings. The zero-order valence-electron chi connectivity index (χ0n) is 14.1. The number of nitro groups is 1. The highest BCUT2D eigenvalue weighted by molar-refractivity contribution is 7.92. The average Bonchev–Trinajstić information content (AvgIpc) is 2.69. The van der Waals surface area contributed by atoms with E-state index >= 15 is 0 Å². The standard InChI is InChI=1S/C17H13N5O5S/c23-16(14-4-1-2-5-15(14)22(24)25)20-12-6-8-13(9-7-12)28(26,27)21-17-18-10-3-11-19-17/h1-11H,(H,20,23)(H,18,19,21). The third-order valence-electron chi connectivity index (χ3n) is 3.56. The summed E-state index contributed by atoms with van der Waals surface area (Å²) in [5.41, 5.74) is -0.156. The van der Waals surface area contributed by atoms with Gasteiger partial charge in [-0.2, -0.15) is 0 Å². The van der Waals surface area contributed by atoms with Crippen LogP contribution in [-0.4, -0.2) is 29.2 Å². The molecule has 0 saturated heterocycles. The molecule has 0 saturated carbocycles. The summed E-state index contributed by atoms with van der Waals surface area (Å²) in [5.74, 6) is -0.755. The summed E-state index contributed by atoms with van der Waals surface area (Å²) in [6.07, 6.45) is 2.79. The summed E-state index contributed by atoms with van der Waals surface area (Å²) < 4.78 is 26.9. The molecule has 0 radical (unpaired) electrons. The lowest BCUT2D eigenvalue weighted by Crippen LogP contribution is -2.16. The number of sulfonamides is 1. The normalized spacial score (nSPS) is 10.9. The van der Waals surface area contributed by atoms with Crippen molar-refractivity contribution in [2.75, 3.05) is 10.0 Å². The first-order chi connectivity index (χ1) is 13.4. The molecule has 0 unspecified atom stereocenters. The Morgan fingerprint density at radius 3 is 2.25 bits per heavy atom. The highest BCUT2D eigenvalue weighted by atomic mass is 32.2. The molecule has 1 heterocycles. The molecule has 11 heteroatoms. The van der Waals surface area contributed by atoms with Gasteiger partial charge in [0.15, 0.2) is 0 Å². The largest absolute Gasteiger partial charge is 0.322 e. The molecule has 0 aliphatic carbocycles. The second-order valence-corrected chi connectivity index (χ2v) is 7.11. The predicted molar refractivity (Wildman–Crippen MR) is 100 cm³/mol. The van der Waals surface area contributed by atoms with Crippen molar-refractivity contribution in [1.82, 2.24) is 9.97 Å². The van der Waals surface area contributed by atoms with Crippen molar-refractivity contribution in [1.29, 1.82) is 0 Å². The first-order valence-electron chi connectivity index (χ1n) is 7.81. The number of carbonyl (C=O) groups is 1. The van der Waals surface area contributed by atoms with Crippen molar-refractivity contribution in [3.8, 4) is 0 Å². The van der Waals surface area contributed by atoms with Crippen LogP contribution in [0, 0.1) is 10.1 Å². The Morgan fingerprint density at radius 1 is 0.964 bits per heavy atom. The molecule has 3 rings (SSSR count). The Hall–Kier alpha value is -3.86. The number of para-hydroxylation sites is 1. The minimum absolute atomic E-state index is 0.0661. The minimum atomic E-state index is -3.91. The first-order valence-corrected chi connectivity index (χ1v) is 9.30. The van der Waals surface area contributed by atoms with Crippen molar-refractivity contribution < 1.29 is 18.1 Å². The maximum atomic E-state index is 12.3. The molecule has 0 fully saturated rings. The fourth-order valence-electron chi connectivity index (χ4n) is 2.27. The third-order valence-corrected chi connectivity index (χ3v) is 4.90. The van der Waals surface area contributed by atoms with Crippen LogP contribution >= 0.6 is 0 Å². The highest BCUT2D eigenvalue weighted by Gasteiger charge is 2.20. The van der Waals surface area contributed by atoms with E-state index < -0.39 is 20.9 Å². The van der Waals surface area contributed by atoms with E-state index in [4.69, 9.17) is 0 Å². The van der Waals surface area contributed by atoms with Crippen molar-refractivity contribution in [2.45, 2.75) is 4.90 Å². The van der Waals surface area contributed by atoms with Crippen molar-refractivity contribution >= 4 is 33.3 Å². The van der Waals surface area contributed by atoms with Gasteiger partial charge in [0, 0.05) is 24.1 Å². The predicted octanol–water partition coefficient (Wildman–Crippen LogP) is 2.44. The molecular formula is C17H13N5O5S. The number of nitro benzene ring substituents is 1. The van der Waals surface area contributed by atoms with Gasteiger partial charge in [0.2, 0.25) is 5.95 Å². The first kappa shape index (κ1) is 18.9. The maximum absolute atomic E-state index is 12.3. The van der Waals surface area contributed by atoms with Gasteiger partial charge >= 0.3 is 0 Å². The number of hydrogen-bond donors (Lipinski definition) is 2. The summed E-state index contributed by atoms with van der Waals surface area (Å²) in [6, 6.07) is 12.4.